The summed E-state index contributed by atoms with van der Waals surface area (Å²) in [7, 11) is 2.00. The van der Waals surface area contributed by atoms with Gasteiger partial charge in [-0.25, -0.2) is 4.98 Å². The molecule has 2 aromatic heterocycles. The molecule has 0 bridgehead atoms. The van der Waals surface area contributed by atoms with Gasteiger partial charge in [-0.2, -0.15) is 0 Å². The summed E-state index contributed by atoms with van der Waals surface area (Å²) in [5.74, 6) is 1.94. The second-order valence-corrected chi connectivity index (χ2v) is 6.52. The molecule has 2 aromatic rings. The third kappa shape index (κ3) is 2.25. The van der Waals surface area contributed by atoms with E-state index in [0.29, 0.717) is 6.04 Å². The first kappa shape index (κ1) is 12.9. The molecule has 0 saturated carbocycles. The summed E-state index contributed by atoms with van der Waals surface area (Å²) < 4.78 is 2.22. The molecule has 104 valence electrons. The van der Waals surface area contributed by atoms with Crippen molar-refractivity contribution in [1.82, 2.24) is 14.7 Å². The highest BCUT2D eigenvalue weighted by Gasteiger charge is 2.27. The van der Waals surface area contributed by atoms with Crippen molar-refractivity contribution in [3.05, 3.63) is 17.3 Å². The second-order valence-electron chi connectivity index (χ2n) is 5.65. The molecule has 1 N–H and O–H groups in total. The third-order valence-corrected chi connectivity index (χ3v) is 4.83. The van der Waals surface area contributed by atoms with Crippen LogP contribution in [0, 0.1) is 5.92 Å². The summed E-state index contributed by atoms with van der Waals surface area (Å²) in [6.07, 6.45) is 4.73. The molecule has 0 radical (unpaired) electrons. The molecule has 1 aliphatic rings. The smallest absolute Gasteiger partial charge is 0.195 e. The highest BCUT2D eigenvalue weighted by Crippen LogP contribution is 2.31. The van der Waals surface area contributed by atoms with Gasteiger partial charge >= 0.3 is 0 Å². The first-order valence-corrected chi connectivity index (χ1v) is 7.94. The summed E-state index contributed by atoms with van der Waals surface area (Å²) in [6.45, 7) is 6.66. The monoisotopic (exact) mass is 278 g/mol. The maximum atomic E-state index is 4.87. The van der Waals surface area contributed by atoms with Crippen molar-refractivity contribution in [3.63, 3.8) is 0 Å². The number of nitrogens with zero attached hydrogens (tertiary/aromatic N) is 3. The van der Waals surface area contributed by atoms with E-state index in [2.05, 4.69) is 40.0 Å². The molecule has 3 rings (SSSR count). The zero-order valence-corrected chi connectivity index (χ0v) is 12.7. The van der Waals surface area contributed by atoms with Crippen molar-refractivity contribution in [2.24, 2.45) is 5.92 Å². The van der Waals surface area contributed by atoms with Crippen LogP contribution >= 0.6 is 11.3 Å². The van der Waals surface area contributed by atoms with Crippen molar-refractivity contribution in [1.29, 1.82) is 0 Å². The fraction of sp³-hybridized carbons (Fsp3) is 0.643. The van der Waals surface area contributed by atoms with Crippen molar-refractivity contribution < 1.29 is 0 Å². The van der Waals surface area contributed by atoms with E-state index < -0.39 is 0 Å². The molecule has 5 heteroatoms. The van der Waals surface area contributed by atoms with E-state index in [-0.39, 0.29) is 0 Å². The summed E-state index contributed by atoms with van der Waals surface area (Å²) in [6, 6.07) is 0.594. The van der Waals surface area contributed by atoms with Crippen molar-refractivity contribution in [2.75, 3.05) is 18.5 Å². The quantitative estimate of drug-likeness (QED) is 0.937. The Morgan fingerprint density at radius 2 is 2.26 bits per heavy atom. The molecule has 1 fully saturated rings. The fourth-order valence-corrected chi connectivity index (χ4v) is 3.69. The minimum Gasteiger partial charge on any atom is -0.352 e. The molecule has 0 aromatic carbocycles. The molecule has 4 nitrogen and oxygen atoms in total. The van der Waals surface area contributed by atoms with Crippen molar-refractivity contribution >= 4 is 22.1 Å². The van der Waals surface area contributed by atoms with Gasteiger partial charge in [-0.15, -0.1) is 11.3 Å². The lowest BCUT2D eigenvalue weighted by atomic mass is 9.95. The van der Waals surface area contributed by atoms with Gasteiger partial charge in [0.2, 0.25) is 0 Å². The first-order valence-electron chi connectivity index (χ1n) is 7.06. The molecular formula is C14H22N4S. The molecule has 1 aliphatic heterocycles. The van der Waals surface area contributed by atoms with Crippen LogP contribution in [-0.2, 0) is 6.54 Å². The maximum Gasteiger partial charge on any atom is 0.195 e. The van der Waals surface area contributed by atoms with Crippen LogP contribution in [0.15, 0.2) is 11.6 Å². The normalized spacial score (nSPS) is 24.3. The molecule has 2 atom stereocenters. The lowest BCUT2D eigenvalue weighted by Crippen LogP contribution is -2.42. The number of anilines is 1. The predicted molar refractivity (Wildman–Crippen MR) is 81.0 cm³/mol. The van der Waals surface area contributed by atoms with Gasteiger partial charge in [-0.05, 0) is 32.7 Å². The Morgan fingerprint density at radius 1 is 1.42 bits per heavy atom. The van der Waals surface area contributed by atoms with Gasteiger partial charge < -0.3 is 10.2 Å². The number of aromatic nitrogens is 2. The highest BCUT2D eigenvalue weighted by molar-refractivity contribution is 7.15. The van der Waals surface area contributed by atoms with Crippen LogP contribution < -0.4 is 10.2 Å². The fourth-order valence-electron chi connectivity index (χ4n) is 2.97. The van der Waals surface area contributed by atoms with Crippen LogP contribution in [0.1, 0.15) is 32.4 Å². The van der Waals surface area contributed by atoms with E-state index in [1.165, 1.54) is 24.4 Å². The zero-order valence-electron chi connectivity index (χ0n) is 11.9. The van der Waals surface area contributed by atoms with Crippen LogP contribution in [0.4, 0.5) is 5.82 Å². The minimum absolute atomic E-state index is 0.594. The second kappa shape index (κ2) is 5.13. The lowest BCUT2D eigenvalue weighted by molar-refractivity contribution is 0.387. The number of nitrogens with one attached hydrogen (secondary N) is 1. The van der Waals surface area contributed by atoms with Gasteiger partial charge in [-0.1, -0.05) is 6.92 Å². The minimum atomic E-state index is 0.594. The third-order valence-electron chi connectivity index (χ3n) is 4.07. The molecule has 0 spiro atoms. The Balaban J connectivity index is 2.02. The SMILES string of the molecule is CNCc1c(N2CC(C)CCC2C)nc2sccn12. The number of fused-ring (bicyclic) bond motifs is 1. The van der Waals surface area contributed by atoms with E-state index in [9.17, 15) is 0 Å². The molecule has 2 unspecified atom stereocenters. The molecule has 3 heterocycles. The van der Waals surface area contributed by atoms with Gasteiger partial charge in [0, 0.05) is 30.7 Å². The summed E-state index contributed by atoms with van der Waals surface area (Å²) >= 11 is 1.71. The molecule has 0 amide bonds. The van der Waals surface area contributed by atoms with E-state index >= 15 is 0 Å². The molecule has 0 aliphatic carbocycles. The largest absolute Gasteiger partial charge is 0.352 e. The van der Waals surface area contributed by atoms with E-state index in [0.717, 1.165) is 24.0 Å². The van der Waals surface area contributed by atoms with Gasteiger partial charge in [0.15, 0.2) is 10.8 Å². The van der Waals surface area contributed by atoms with Crippen molar-refractivity contribution in [3.8, 4) is 0 Å². The average Bonchev–Trinajstić information content (AvgIpc) is 2.95. The summed E-state index contributed by atoms with van der Waals surface area (Å²) in [5, 5.41) is 5.38. The van der Waals surface area contributed by atoms with E-state index in [1.807, 2.05) is 7.05 Å². The molecular weight excluding hydrogens is 256 g/mol. The maximum absolute atomic E-state index is 4.87. The number of rotatable bonds is 3. The average molecular weight is 278 g/mol. The topological polar surface area (TPSA) is 32.6 Å². The Morgan fingerprint density at radius 3 is 3.05 bits per heavy atom. The number of thiazole rings is 1. The standard InChI is InChI=1S/C14H22N4S/c1-10-4-5-11(2)18(9-10)13-12(8-15-3)17-6-7-19-14(17)16-13/h6-7,10-11,15H,4-5,8-9H2,1-3H3. The van der Waals surface area contributed by atoms with Gasteiger partial charge in [0.05, 0.1) is 5.69 Å². The Labute approximate surface area is 118 Å². The Hall–Kier alpha value is -1.07. The Bertz CT molecular complexity index is 559. The van der Waals surface area contributed by atoms with Crippen LogP contribution in [0.25, 0.3) is 4.96 Å². The zero-order chi connectivity index (χ0) is 13.4. The highest BCUT2D eigenvalue weighted by atomic mass is 32.1. The van der Waals surface area contributed by atoms with Gasteiger partial charge in [-0.3, -0.25) is 4.40 Å². The molecule has 19 heavy (non-hydrogen) atoms. The number of hydrogen-bond acceptors (Lipinski definition) is 4. The number of piperidine rings is 1. The van der Waals surface area contributed by atoms with Crippen LogP contribution in [0.3, 0.4) is 0 Å². The van der Waals surface area contributed by atoms with E-state index in [1.54, 1.807) is 11.3 Å². The van der Waals surface area contributed by atoms with E-state index in [4.69, 9.17) is 4.98 Å². The number of hydrogen-bond donors (Lipinski definition) is 1. The van der Waals surface area contributed by atoms with Crippen LogP contribution in [0.2, 0.25) is 0 Å². The summed E-state index contributed by atoms with van der Waals surface area (Å²) in [4.78, 5) is 8.47. The van der Waals surface area contributed by atoms with Gasteiger partial charge in [0.1, 0.15) is 0 Å². The first-order chi connectivity index (χ1) is 9.20. The van der Waals surface area contributed by atoms with Crippen molar-refractivity contribution in [2.45, 2.75) is 39.3 Å². The lowest BCUT2D eigenvalue weighted by Gasteiger charge is -2.37. The van der Waals surface area contributed by atoms with Crippen LogP contribution in [0.5, 0.6) is 0 Å². The molecule has 1 saturated heterocycles. The van der Waals surface area contributed by atoms with Gasteiger partial charge in [0.25, 0.3) is 0 Å². The predicted octanol–water partition coefficient (Wildman–Crippen LogP) is 2.74. The Kier molecular flexibility index (Phi) is 3.50. The summed E-state index contributed by atoms with van der Waals surface area (Å²) in [5.41, 5.74) is 1.29. The van der Waals surface area contributed by atoms with Crippen LogP contribution in [-0.4, -0.2) is 29.0 Å². The number of imidazole rings is 1.